The summed E-state index contributed by atoms with van der Waals surface area (Å²) in [5.74, 6) is 1.09. The molecule has 0 spiro atoms. The molecule has 1 fully saturated rings. The van der Waals surface area contributed by atoms with E-state index in [2.05, 4.69) is 4.98 Å². The summed E-state index contributed by atoms with van der Waals surface area (Å²) in [6, 6.07) is 13.3. The molecule has 0 N–H and O–H groups in total. The van der Waals surface area contributed by atoms with Crippen LogP contribution in [0.3, 0.4) is 0 Å². The third kappa shape index (κ3) is 5.99. The highest BCUT2D eigenvalue weighted by atomic mass is 32.2. The summed E-state index contributed by atoms with van der Waals surface area (Å²) >= 11 is 1.44. The molecule has 28 heavy (non-hydrogen) atoms. The molecule has 1 saturated heterocycles. The summed E-state index contributed by atoms with van der Waals surface area (Å²) in [6.07, 6.45) is 2.50. The predicted octanol–water partition coefficient (Wildman–Crippen LogP) is 2.62. The van der Waals surface area contributed by atoms with Gasteiger partial charge in [-0.25, -0.2) is 4.98 Å². The number of ether oxygens (including phenoxy) is 1. The lowest BCUT2D eigenvalue weighted by atomic mass is 10.2. The molecule has 6 nitrogen and oxygen atoms in total. The van der Waals surface area contributed by atoms with Crippen LogP contribution in [0.25, 0.3) is 0 Å². The van der Waals surface area contributed by atoms with Gasteiger partial charge in [0, 0.05) is 32.4 Å². The second-order valence-electron chi connectivity index (χ2n) is 6.67. The van der Waals surface area contributed by atoms with Crippen molar-refractivity contribution in [3.8, 4) is 5.75 Å². The Morgan fingerprint density at radius 3 is 2.39 bits per heavy atom. The molecular formula is C21H25N3O3S. The molecule has 1 aromatic heterocycles. The van der Waals surface area contributed by atoms with Gasteiger partial charge in [-0.3, -0.25) is 9.59 Å². The number of amides is 2. The standard InChI is InChI=1S/C21H25N3O3S/c1-17-6-8-18(9-7-17)27-15-20(25)23-11-4-12-24(14-13-23)21(26)16-28-19-5-2-3-10-22-19/h2-3,5-10H,4,11-16H2,1H3. The van der Waals surface area contributed by atoms with Crippen LogP contribution < -0.4 is 4.74 Å². The van der Waals surface area contributed by atoms with Crippen LogP contribution in [0.2, 0.25) is 0 Å². The molecule has 7 heteroatoms. The summed E-state index contributed by atoms with van der Waals surface area (Å²) in [5.41, 5.74) is 1.15. The second-order valence-corrected chi connectivity index (χ2v) is 7.67. The summed E-state index contributed by atoms with van der Waals surface area (Å²) < 4.78 is 5.60. The van der Waals surface area contributed by atoms with Gasteiger partial charge in [-0.2, -0.15) is 0 Å². The van der Waals surface area contributed by atoms with Gasteiger partial charge in [0.2, 0.25) is 5.91 Å². The lowest BCUT2D eigenvalue weighted by Crippen LogP contribution is -2.39. The largest absolute Gasteiger partial charge is 0.484 e. The van der Waals surface area contributed by atoms with Gasteiger partial charge in [-0.05, 0) is 37.6 Å². The molecule has 2 amide bonds. The number of hydrogen-bond donors (Lipinski definition) is 0. The Morgan fingerprint density at radius 1 is 1.00 bits per heavy atom. The molecular weight excluding hydrogens is 374 g/mol. The van der Waals surface area contributed by atoms with Crippen molar-refractivity contribution < 1.29 is 14.3 Å². The van der Waals surface area contributed by atoms with Crippen molar-refractivity contribution in [2.75, 3.05) is 38.5 Å². The van der Waals surface area contributed by atoms with Crippen LogP contribution in [0, 0.1) is 6.92 Å². The lowest BCUT2D eigenvalue weighted by Gasteiger charge is -2.22. The molecule has 2 heterocycles. The van der Waals surface area contributed by atoms with Gasteiger partial charge >= 0.3 is 0 Å². The molecule has 0 radical (unpaired) electrons. The maximum absolute atomic E-state index is 12.5. The number of hydrogen-bond acceptors (Lipinski definition) is 5. The van der Waals surface area contributed by atoms with Crippen LogP contribution in [0.5, 0.6) is 5.75 Å². The smallest absolute Gasteiger partial charge is 0.260 e. The third-order valence-corrected chi connectivity index (χ3v) is 5.49. The second kappa shape index (κ2) is 10.1. The zero-order chi connectivity index (χ0) is 19.8. The zero-order valence-corrected chi connectivity index (χ0v) is 16.9. The molecule has 3 rings (SSSR count). The number of carbonyl (C=O) groups excluding carboxylic acids is 2. The SMILES string of the molecule is Cc1ccc(OCC(=O)N2CCCN(C(=O)CSc3ccccn3)CC2)cc1. The van der Waals surface area contributed by atoms with E-state index >= 15 is 0 Å². The molecule has 0 atom stereocenters. The average Bonchev–Trinajstić information content (AvgIpc) is 2.98. The van der Waals surface area contributed by atoms with Crippen LogP contribution in [-0.4, -0.2) is 65.1 Å². The fraction of sp³-hybridized carbons (Fsp3) is 0.381. The molecule has 0 saturated carbocycles. The number of aromatic nitrogens is 1. The highest BCUT2D eigenvalue weighted by Crippen LogP contribution is 2.16. The van der Waals surface area contributed by atoms with Gasteiger partial charge in [0.15, 0.2) is 6.61 Å². The van der Waals surface area contributed by atoms with Gasteiger partial charge in [0.1, 0.15) is 5.75 Å². The minimum Gasteiger partial charge on any atom is -0.484 e. The summed E-state index contributed by atoms with van der Waals surface area (Å²) in [4.78, 5) is 32.8. The molecule has 1 aliphatic heterocycles. The van der Waals surface area contributed by atoms with E-state index in [1.165, 1.54) is 11.8 Å². The molecule has 1 aliphatic rings. The van der Waals surface area contributed by atoms with E-state index in [-0.39, 0.29) is 18.4 Å². The maximum atomic E-state index is 12.5. The number of benzene rings is 1. The van der Waals surface area contributed by atoms with Crippen LogP contribution in [0.1, 0.15) is 12.0 Å². The van der Waals surface area contributed by atoms with E-state index in [9.17, 15) is 9.59 Å². The Hall–Kier alpha value is -2.54. The minimum atomic E-state index is -0.0438. The first-order valence-electron chi connectivity index (χ1n) is 9.40. The molecule has 2 aromatic rings. The van der Waals surface area contributed by atoms with E-state index < -0.39 is 0 Å². The molecule has 1 aromatic carbocycles. The van der Waals surface area contributed by atoms with E-state index in [4.69, 9.17) is 4.74 Å². The Morgan fingerprint density at radius 2 is 1.71 bits per heavy atom. The van der Waals surface area contributed by atoms with Crippen molar-refractivity contribution in [1.29, 1.82) is 0 Å². The topological polar surface area (TPSA) is 62.7 Å². The van der Waals surface area contributed by atoms with Crippen molar-refractivity contribution in [3.05, 3.63) is 54.2 Å². The van der Waals surface area contributed by atoms with Gasteiger partial charge in [-0.15, -0.1) is 0 Å². The number of pyridine rings is 1. The van der Waals surface area contributed by atoms with Gasteiger partial charge in [0.25, 0.3) is 5.91 Å². The number of aryl methyl sites for hydroxylation is 1. The quantitative estimate of drug-likeness (QED) is 0.699. The van der Waals surface area contributed by atoms with Crippen LogP contribution in [-0.2, 0) is 9.59 Å². The van der Waals surface area contributed by atoms with E-state index in [1.54, 1.807) is 11.1 Å². The van der Waals surface area contributed by atoms with Crippen molar-refractivity contribution in [3.63, 3.8) is 0 Å². The Balaban J connectivity index is 1.43. The van der Waals surface area contributed by atoms with Crippen molar-refractivity contribution in [2.45, 2.75) is 18.4 Å². The van der Waals surface area contributed by atoms with Crippen molar-refractivity contribution in [2.24, 2.45) is 0 Å². The first kappa shape index (κ1) is 20.2. The molecule has 0 aliphatic carbocycles. The summed E-state index contributed by atoms with van der Waals surface area (Å²) in [7, 11) is 0. The monoisotopic (exact) mass is 399 g/mol. The van der Waals surface area contributed by atoms with E-state index in [1.807, 2.05) is 54.3 Å². The third-order valence-electron chi connectivity index (χ3n) is 4.57. The number of thioether (sulfide) groups is 1. The predicted molar refractivity (Wildman–Crippen MR) is 109 cm³/mol. The van der Waals surface area contributed by atoms with Gasteiger partial charge in [0.05, 0.1) is 10.8 Å². The summed E-state index contributed by atoms with van der Waals surface area (Å²) in [6.45, 7) is 4.44. The fourth-order valence-corrected chi connectivity index (χ4v) is 3.71. The Bertz CT molecular complexity index is 783. The number of rotatable bonds is 6. The van der Waals surface area contributed by atoms with Gasteiger partial charge in [-0.1, -0.05) is 35.5 Å². The zero-order valence-electron chi connectivity index (χ0n) is 16.0. The Labute approximate surface area is 169 Å². The number of carbonyl (C=O) groups is 2. The van der Waals surface area contributed by atoms with Crippen molar-refractivity contribution >= 4 is 23.6 Å². The highest BCUT2D eigenvalue weighted by Gasteiger charge is 2.22. The molecule has 0 bridgehead atoms. The highest BCUT2D eigenvalue weighted by molar-refractivity contribution is 7.99. The number of nitrogens with zero attached hydrogens (tertiary/aromatic N) is 3. The maximum Gasteiger partial charge on any atom is 0.260 e. The van der Waals surface area contributed by atoms with E-state index in [0.29, 0.717) is 37.7 Å². The van der Waals surface area contributed by atoms with Crippen LogP contribution in [0.15, 0.2) is 53.7 Å². The first-order chi connectivity index (χ1) is 13.6. The van der Waals surface area contributed by atoms with Crippen LogP contribution >= 0.6 is 11.8 Å². The minimum absolute atomic E-state index is 0.0204. The average molecular weight is 400 g/mol. The fourth-order valence-electron chi connectivity index (χ4n) is 2.95. The van der Waals surface area contributed by atoms with Crippen LogP contribution in [0.4, 0.5) is 0 Å². The lowest BCUT2D eigenvalue weighted by molar-refractivity contribution is -0.134. The molecule has 148 valence electrons. The molecule has 0 unspecified atom stereocenters. The van der Waals surface area contributed by atoms with Gasteiger partial charge < -0.3 is 14.5 Å². The summed E-state index contributed by atoms with van der Waals surface area (Å²) in [5, 5.41) is 0.843. The van der Waals surface area contributed by atoms with E-state index in [0.717, 1.165) is 17.0 Å². The first-order valence-corrected chi connectivity index (χ1v) is 10.4. The van der Waals surface area contributed by atoms with Crippen molar-refractivity contribution in [1.82, 2.24) is 14.8 Å². The Kier molecular flexibility index (Phi) is 7.31. The normalized spacial score (nSPS) is 14.5.